The predicted molar refractivity (Wildman–Crippen MR) is 32.7 cm³/mol. The summed E-state index contributed by atoms with van der Waals surface area (Å²) in [6.07, 6.45) is 1.21. The summed E-state index contributed by atoms with van der Waals surface area (Å²) in [5.74, 6) is 0. The molecular weight excluding hydrogens is 120 g/mol. The van der Waals surface area contributed by atoms with Crippen molar-refractivity contribution >= 4 is 12.8 Å². The van der Waals surface area contributed by atoms with E-state index in [2.05, 4.69) is 10.6 Å². The Morgan fingerprint density at radius 1 is 1.44 bits per heavy atom. The van der Waals surface area contributed by atoms with Crippen molar-refractivity contribution in [2.24, 2.45) is 0 Å². The monoisotopic (exact) mass is 130 g/mol. The van der Waals surface area contributed by atoms with Crippen LogP contribution < -0.4 is 10.6 Å². The Morgan fingerprint density at radius 3 is 2.56 bits per heavy atom. The second-order valence-corrected chi connectivity index (χ2v) is 1.71. The van der Waals surface area contributed by atoms with Gasteiger partial charge in [-0.05, 0) is 6.92 Å². The lowest BCUT2D eigenvalue weighted by atomic mass is 10.3. The fourth-order valence-electron chi connectivity index (χ4n) is 0.400. The van der Waals surface area contributed by atoms with Crippen molar-refractivity contribution in [3.8, 4) is 0 Å². The normalized spacial score (nSPS) is 11.7. The van der Waals surface area contributed by atoms with Crippen molar-refractivity contribution in [3.05, 3.63) is 0 Å². The first-order valence-corrected chi connectivity index (χ1v) is 2.68. The van der Waals surface area contributed by atoms with E-state index in [9.17, 15) is 9.59 Å². The third-order valence-electron chi connectivity index (χ3n) is 0.860. The fourth-order valence-corrected chi connectivity index (χ4v) is 0.400. The summed E-state index contributed by atoms with van der Waals surface area (Å²) in [5, 5.41) is 4.91. The van der Waals surface area contributed by atoms with E-state index in [1.807, 2.05) is 0 Å². The Morgan fingerprint density at radius 2 is 2.11 bits per heavy atom. The molecule has 2 N–H and O–H groups in total. The molecule has 0 fully saturated rings. The highest BCUT2D eigenvalue weighted by atomic mass is 16.1. The van der Waals surface area contributed by atoms with Gasteiger partial charge in [0.25, 0.3) is 0 Å². The molecule has 4 heteroatoms. The molecule has 1 atom stereocenters. The molecule has 0 aromatic heterocycles. The van der Waals surface area contributed by atoms with Gasteiger partial charge in [-0.3, -0.25) is 9.59 Å². The van der Waals surface area contributed by atoms with Crippen molar-refractivity contribution in [1.82, 2.24) is 10.6 Å². The maximum atomic E-state index is 9.75. The maximum Gasteiger partial charge on any atom is 0.207 e. The molecule has 0 radical (unpaired) electrons. The largest absolute Gasteiger partial charge is 0.357 e. The molecule has 0 spiro atoms. The highest BCUT2D eigenvalue weighted by molar-refractivity contribution is 5.48. The van der Waals surface area contributed by atoms with Crippen LogP contribution in [0.25, 0.3) is 0 Å². The molecule has 0 saturated heterocycles. The molecular formula is C5H10N2O2. The molecule has 2 amide bonds. The van der Waals surface area contributed by atoms with Crippen LogP contribution in [0.1, 0.15) is 6.92 Å². The third kappa shape index (κ3) is 4.80. The zero-order valence-electron chi connectivity index (χ0n) is 5.26. The zero-order valence-corrected chi connectivity index (χ0v) is 5.26. The number of hydrogen-bond donors (Lipinski definition) is 2. The first kappa shape index (κ1) is 7.94. The topological polar surface area (TPSA) is 58.2 Å². The molecule has 0 bridgehead atoms. The molecule has 0 unspecified atom stereocenters. The summed E-state index contributed by atoms with van der Waals surface area (Å²) in [7, 11) is 0. The molecule has 0 aliphatic heterocycles. The maximum absolute atomic E-state index is 9.75. The molecule has 0 heterocycles. The minimum atomic E-state index is 0.00713. The number of nitrogens with one attached hydrogen (secondary N) is 2. The van der Waals surface area contributed by atoms with Crippen LogP contribution >= 0.6 is 0 Å². The van der Waals surface area contributed by atoms with Crippen LogP contribution in [0.3, 0.4) is 0 Å². The van der Waals surface area contributed by atoms with E-state index in [1.165, 1.54) is 0 Å². The highest BCUT2D eigenvalue weighted by Gasteiger charge is 1.94. The van der Waals surface area contributed by atoms with Gasteiger partial charge < -0.3 is 10.6 Å². The lowest BCUT2D eigenvalue weighted by molar-refractivity contribution is -0.111. The van der Waals surface area contributed by atoms with Crippen LogP contribution in [-0.2, 0) is 9.59 Å². The van der Waals surface area contributed by atoms with Crippen LogP contribution in [-0.4, -0.2) is 25.4 Å². The molecule has 0 rings (SSSR count). The molecule has 0 saturated carbocycles. The van der Waals surface area contributed by atoms with E-state index in [0.717, 1.165) is 0 Å². The van der Waals surface area contributed by atoms with Gasteiger partial charge in [-0.1, -0.05) is 0 Å². The van der Waals surface area contributed by atoms with Crippen LogP contribution in [0.5, 0.6) is 0 Å². The summed E-state index contributed by atoms with van der Waals surface area (Å²) in [6, 6.07) is 0.00713. The molecule has 4 nitrogen and oxygen atoms in total. The Hall–Kier alpha value is -1.06. The summed E-state index contributed by atoms with van der Waals surface area (Å²) < 4.78 is 0. The fraction of sp³-hybridized carbons (Fsp3) is 0.600. The molecule has 9 heavy (non-hydrogen) atoms. The molecule has 0 aliphatic rings. The lowest BCUT2D eigenvalue weighted by Crippen LogP contribution is -2.34. The SMILES string of the molecule is C[C@H](CNC=O)NC=O. The van der Waals surface area contributed by atoms with E-state index in [1.54, 1.807) is 6.92 Å². The molecule has 0 aromatic rings. The summed E-state index contributed by atoms with van der Waals surface area (Å²) >= 11 is 0. The van der Waals surface area contributed by atoms with E-state index in [0.29, 0.717) is 19.4 Å². The number of amides is 2. The second kappa shape index (κ2) is 5.08. The van der Waals surface area contributed by atoms with E-state index in [4.69, 9.17) is 0 Å². The Kier molecular flexibility index (Phi) is 4.49. The van der Waals surface area contributed by atoms with Crippen LogP contribution in [0.4, 0.5) is 0 Å². The molecule has 0 aliphatic carbocycles. The highest BCUT2D eigenvalue weighted by Crippen LogP contribution is 1.71. The van der Waals surface area contributed by atoms with Crippen molar-refractivity contribution < 1.29 is 9.59 Å². The van der Waals surface area contributed by atoms with Crippen LogP contribution in [0, 0.1) is 0 Å². The van der Waals surface area contributed by atoms with Crippen LogP contribution in [0.2, 0.25) is 0 Å². The summed E-state index contributed by atoms with van der Waals surface area (Å²) in [6.45, 7) is 2.27. The number of hydrogen-bond acceptors (Lipinski definition) is 2. The van der Waals surface area contributed by atoms with Crippen molar-refractivity contribution in [2.75, 3.05) is 6.54 Å². The summed E-state index contributed by atoms with van der Waals surface area (Å²) in [5.41, 5.74) is 0. The molecule has 52 valence electrons. The number of carbonyl (C=O) groups is 2. The first-order valence-electron chi connectivity index (χ1n) is 2.68. The standard InChI is InChI=1S/C5H10N2O2/c1-5(7-4-9)2-6-3-8/h3-5H,2H2,1H3,(H,6,8)(H,7,9)/t5-/m1/s1. The van der Waals surface area contributed by atoms with Gasteiger partial charge in [0.2, 0.25) is 12.8 Å². The third-order valence-corrected chi connectivity index (χ3v) is 0.860. The average Bonchev–Trinajstić information content (AvgIpc) is 1.85. The minimum Gasteiger partial charge on any atom is -0.357 e. The van der Waals surface area contributed by atoms with Crippen LogP contribution in [0.15, 0.2) is 0 Å². The molecule has 0 aromatic carbocycles. The van der Waals surface area contributed by atoms with Crippen molar-refractivity contribution in [3.63, 3.8) is 0 Å². The van der Waals surface area contributed by atoms with Gasteiger partial charge in [0.05, 0.1) is 0 Å². The number of rotatable bonds is 5. The lowest BCUT2D eigenvalue weighted by Gasteiger charge is -2.06. The van der Waals surface area contributed by atoms with Gasteiger partial charge in [-0.15, -0.1) is 0 Å². The van der Waals surface area contributed by atoms with E-state index in [-0.39, 0.29) is 6.04 Å². The first-order chi connectivity index (χ1) is 4.31. The van der Waals surface area contributed by atoms with Gasteiger partial charge >= 0.3 is 0 Å². The van der Waals surface area contributed by atoms with Gasteiger partial charge in [-0.2, -0.15) is 0 Å². The number of carbonyl (C=O) groups excluding carboxylic acids is 2. The van der Waals surface area contributed by atoms with E-state index >= 15 is 0 Å². The summed E-state index contributed by atoms with van der Waals surface area (Å²) in [4.78, 5) is 19.4. The second-order valence-electron chi connectivity index (χ2n) is 1.71. The van der Waals surface area contributed by atoms with Gasteiger partial charge in [0.15, 0.2) is 0 Å². The van der Waals surface area contributed by atoms with Gasteiger partial charge in [-0.25, -0.2) is 0 Å². The minimum absolute atomic E-state index is 0.00713. The zero-order chi connectivity index (χ0) is 7.11. The Balaban J connectivity index is 3.14. The smallest absolute Gasteiger partial charge is 0.207 e. The average molecular weight is 130 g/mol. The van der Waals surface area contributed by atoms with Gasteiger partial charge in [0.1, 0.15) is 0 Å². The predicted octanol–water partition coefficient (Wildman–Crippen LogP) is -1.13. The quantitative estimate of drug-likeness (QED) is 0.462. The van der Waals surface area contributed by atoms with Gasteiger partial charge in [0, 0.05) is 12.6 Å². The van der Waals surface area contributed by atoms with Crippen molar-refractivity contribution in [2.45, 2.75) is 13.0 Å². The van der Waals surface area contributed by atoms with Crippen molar-refractivity contribution in [1.29, 1.82) is 0 Å². The van der Waals surface area contributed by atoms with E-state index < -0.39 is 0 Å². The Bertz CT molecular complexity index is 95.0. The Labute approximate surface area is 53.6 Å².